The van der Waals surface area contributed by atoms with Gasteiger partial charge in [0.1, 0.15) is 5.54 Å². The summed E-state index contributed by atoms with van der Waals surface area (Å²) in [5.41, 5.74) is -4.50. The van der Waals surface area contributed by atoms with Gasteiger partial charge < -0.3 is 5.32 Å². The summed E-state index contributed by atoms with van der Waals surface area (Å²) in [5.74, 6) is -0.368. The number of nitriles is 1. The Hall–Kier alpha value is -1.94. The zero-order valence-electron chi connectivity index (χ0n) is 12.9. The molecule has 0 aromatic heterocycles. The second-order valence-corrected chi connectivity index (χ2v) is 6.83. The SMILES string of the molecule is N#CC1(NC(=O)/C=C/c2ccc(SC(F)(F)F)cc2)CCCCC1. The fraction of sp³-hybridized carbons (Fsp3) is 0.412. The first-order chi connectivity index (χ1) is 11.3. The normalized spacial score (nSPS) is 17.4. The number of halogens is 3. The van der Waals surface area contributed by atoms with Gasteiger partial charge in [-0.15, -0.1) is 0 Å². The summed E-state index contributed by atoms with van der Waals surface area (Å²) in [6.45, 7) is 0. The van der Waals surface area contributed by atoms with E-state index in [1.807, 2.05) is 0 Å². The molecule has 24 heavy (non-hydrogen) atoms. The molecule has 0 saturated heterocycles. The fourth-order valence-electron chi connectivity index (χ4n) is 2.65. The molecule has 128 valence electrons. The number of benzene rings is 1. The van der Waals surface area contributed by atoms with Crippen molar-refractivity contribution in [3.8, 4) is 6.07 Å². The average molecular weight is 354 g/mol. The number of nitrogens with one attached hydrogen (secondary N) is 1. The van der Waals surface area contributed by atoms with Gasteiger partial charge in [0.25, 0.3) is 0 Å². The highest BCUT2D eigenvalue weighted by molar-refractivity contribution is 8.00. The van der Waals surface area contributed by atoms with Gasteiger partial charge in [-0.2, -0.15) is 18.4 Å². The van der Waals surface area contributed by atoms with Gasteiger partial charge in [-0.1, -0.05) is 31.4 Å². The summed E-state index contributed by atoms with van der Waals surface area (Å²) >= 11 is -0.180. The molecular weight excluding hydrogens is 337 g/mol. The van der Waals surface area contributed by atoms with Crippen LogP contribution in [-0.4, -0.2) is 17.0 Å². The number of hydrogen-bond donors (Lipinski definition) is 1. The standard InChI is InChI=1S/C17H17F3N2OS/c18-17(19,20)24-14-7-4-13(5-8-14)6-9-15(23)22-16(12-21)10-2-1-3-11-16/h4-9H,1-3,10-11H2,(H,22,23)/b9-6+. The maximum atomic E-state index is 12.3. The zero-order chi connectivity index (χ0) is 17.6. The van der Waals surface area contributed by atoms with E-state index in [4.69, 9.17) is 0 Å². The van der Waals surface area contributed by atoms with Crippen LogP contribution in [0.5, 0.6) is 0 Å². The quantitative estimate of drug-likeness (QED) is 0.632. The molecule has 1 aromatic rings. The van der Waals surface area contributed by atoms with Crippen LogP contribution in [0, 0.1) is 11.3 Å². The van der Waals surface area contributed by atoms with E-state index in [1.165, 1.54) is 36.4 Å². The highest BCUT2D eigenvalue weighted by Crippen LogP contribution is 2.36. The van der Waals surface area contributed by atoms with Gasteiger partial charge in [-0.05, 0) is 48.4 Å². The predicted octanol–water partition coefficient (Wildman–Crippen LogP) is 4.65. The number of carbonyl (C=O) groups is 1. The van der Waals surface area contributed by atoms with Crippen LogP contribution >= 0.6 is 11.8 Å². The molecule has 0 atom stereocenters. The van der Waals surface area contributed by atoms with Crippen molar-refractivity contribution >= 4 is 23.7 Å². The molecular formula is C17H17F3N2OS. The van der Waals surface area contributed by atoms with Crippen molar-refractivity contribution in [2.24, 2.45) is 0 Å². The molecule has 1 fully saturated rings. The molecule has 1 N–H and O–H groups in total. The smallest absolute Gasteiger partial charge is 0.334 e. The van der Waals surface area contributed by atoms with Crippen LogP contribution in [-0.2, 0) is 4.79 Å². The first-order valence-corrected chi connectivity index (χ1v) is 8.41. The number of hydrogen-bond acceptors (Lipinski definition) is 3. The lowest BCUT2D eigenvalue weighted by Crippen LogP contribution is -2.48. The molecule has 3 nitrogen and oxygen atoms in total. The zero-order valence-corrected chi connectivity index (χ0v) is 13.7. The molecule has 7 heteroatoms. The molecule has 1 aliphatic rings. The van der Waals surface area contributed by atoms with Gasteiger partial charge in [0.15, 0.2) is 0 Å². The third-order valence-corrected chi connectivity index (χ3v) is 4.56. The van der Waals surface area contributed by atoms with Crippen LogP contribution in [0.25, 0.3) is 6.08 Å². The summed E-state index contributed by atoms with van der Waals surface area (Å²) in [7, 11) is 0. The number of rotatable bonds is 4. The second kappa shape index (κ2) is 7.75. The van der Waals surface area contributed by atoms with Crippen LogP contribution in [0.15, 0.2) is 35.2 Å². The van der Waals surface area contributed by atoms with Crippen LogP contribution in [0.4, 0.5) is 13.2 Å². The number of amides is 1. The maximum absolute atomic E-state index is 12.3. The lowest BCUT2D eigenvalue weighted by Gasteiger charge is -2.31. The Bertz CT molecular complexity index is 641. The Morgan fingerprint density at radius 2 is 1.83 bits per heavy atom. The number of alkyl halides is 3. The molecule has 2 rings (SSSR count). The average Bonchev–Trinajstić information content (AvgIpc) is 2.54. The van der Waals surface area contributed by atoms with Crippen LogP contribution in [0.3, 0.4) is 0 Å². The second-order valence-electron chi connectivity index (χ2n) is 5.69. The molecule has 0 aliphatic heterocycles. The van der Waals surface area contributed by atoms with E-state index < -0.39 is 11.0 Å². The summed E-state index contributed by atoms with van der Waals surface area (Å²) in [4.78, 5) is 12.1. The van der Waals surface area contributed by atoms with Crippen molar-refractivity contribution in [2.75, 3.05) is 0 Å². The third-order valence-electron chi connectivity index (χ3n) is 3.82. The Balaban J connectivity index is 1.95. The minimum absolute atomic E-state index is 0.0924. The van der Waals surface area contributed by atoms with Crippen molar-refractivity contribution in [1.82, 2.24) is 5.32 Å². The molecule has 1 aromatic carbocycles. The molecule has 0 bridgehead atoms. The Kier molecular flexibility index (Phi) is 5.94. The van der Waals surface area contributed by atoms with E-state index in [1.54, 1.807) is 0 Å². The van der Waals surface area contributed by atoms with Crippen LogP contribution in [0.1, 0.15) is 37.7 Å². The van der Waals surface area contributed by atoms with Crippen LogP contribution in [0.2, 0.25) is 0 Å². The van der Waals surface area contributed by atoms with Gasteiger partial charge in [0.05, 0.1) is 6.07 Å². The fourth-order valence-corrected chi connectivity index (χ4v) is 3.19. The monoisotopic (exact) mass is 354 g/mol. The van der Waals surface area contributed by atoms with Crippen LogP contribution < -0.4 is 5.32 Å². The topological polar surface area (TPSA) is 52.9 Å². The van der Waals surface area contributed by atoms with Gasteiger partial charge in [-0.25, -0.2) is 0 Å². The summed E-state index contributed by atoms with van der Waals surface area (Å²) < 4.78 is 36.8. The molecule has 1 amide bonds. The largest absolute Gasteiger partial charge is 0.446 e. The molecule has 1 saturated carbocycles. The van der Waals surface area contributed by atoms with E-state index in [0.29, 0.717) is 18.4 Å². The van der Waals surface area contributed by atoms with Gasteiger partial charge >= 0.3 is 5.51 Å². The van der Waals surface area contributed by atoms with E-state index in [9.17, 15) is 23.2 Å². The first-order valence-electron chi connectivity index (χ1n) is 7.59. The predicted molar refractivity (Wildman–Crippen MR) is 87.0 cm³/mol. The first kappa shape index (κ1) is 18.4. The number of nitrogens with zero attached hydrogens (tertiary/aromatic N) is 1. The Labute approximate surface area is 142 Å². The van der Waals surface area contributed by atoms with Crippen molar-refractivity contribution in [3.05, 3.63) is 35.9 Å². The molecule has 0 spiro atoms. The van der Waals surface area contributed by atoms with E-state index in [-0.39, 0.29) is 22.6 Å². The minimum atomic E-state index is -4.32. The molecule has 0 heterocycles. The number of thioether (sulfide) groups is 1. The van der Waals surface area contributed by atoms with E-state index in [0.717, 1.165) is 19.3 Å². The molecule has 1 aliphatic carbocycles. The number of carbonyl (C=O) groups excluding carboxylic acids is 1. The van der Waals surface area contributed by atoms with Gasteiger partial charge in [-0.3, -0.25) is 4.79 Å². The lowest BCUT2D eigenvalue weighted by atomic mass is 9.83. The molecule has 0 radical (unpaired) electrons. The Morgan fingerprint density at radius 1 is 1.21 bits per heavy atom. The molecule has 0 unspecified atom stereocenters. The highest BCUT2D eigenvalue weighted by atomic mass is 32.2. The van der Waals surface area contributed by atoms with E-state index in [2.05, 4.69) is 11.4 Å². The van der Waals surface area contributed by atoms with Crippen molar-refractivity contribution in [1.29, 1.82) is 5.26 Å². The summed E-state index contributed by atoms with van der Waals surface area (Å²) in [5, 5.41) is 12.1. The highest BCUT2D eigenvalue weighted by Gasteiger charge is 2.33. The van der Waals surface area contributed by atoms with Crippen molar-refractivity contribution in [2.45, 2.75) is 48.0 Å². The van der Waals surface area contributed by atoms with Crippen molar-refractivity contribution < 1.29 is 18.0 Å². The van der Waals surface area contributed by atoms with Gasteiger partial charge in [0, 0.05) is 11.0 Å². The minimum Gasteiger partial charge on any atom is -0.334 e. The van der Waals surface area contributed by atoms with Gasteiger partial charge in [0.2, 0.25) is 5.91 Å². The van der Waals surface area contributed by atoms with E-state index >= 15 is 0 Å². The van der Waals surface area contributed by atoms with Crippen molar-refractivity contribution in [3.63, 3.8) is 0 Å². The lowest BCUT2D eigenvalue weighted by molar-refractivity contribution is -0.118. The Morgan fingerprint density at radius 3 is 2.38 bits per heavy atom. The third kappa shape index (κ3) is 5.60. The maximum Gasteiger partial charge on any atom is 0.446 e. The summed E-state index contributed by atoms with van der Waals surface area (Å²) in [6.07, 6.45) is 7.01. The summed E-state index contributed by atoms with van der Waals surface area (Å²) in [6, 6.07) is 7.94.